The standard InChI is InChI=1S/C12H16F3NO/c1-10-3-2-4-11(9-10)5-6-16-7-8-17-12(13,14)15/h2-4,9,16H,5-8H2,1H3. The summed E-state index contributed by atoms with van der Waals surface area (Å²) in [4.78, 5) is 0. The topological polar surface area (TPSA) is 21.3 Å². The second kappa shape index (κ2) is 6.61. The minimum atomic E-state index is -4.53. The molecule has 0 spiro atoms. The fourth-order valence-corrected chi connectivity index (χ4v) is 1.46. The van der Waals surface area contributed by atoms with Gasteiger partial charge in [-0.3, -0.25) is 4.74 Å². The molecule has 0 fully saturated rings. The summed E-state index contributed by atoms with van der Waals surface area (Å²) < 4.78 is 38.5. The second-order valence-electron chi connectivity index (χ2n) is 3.78. The van der Waals surface area contributed by atoms with Crippen LogP contribution in [0.2, 0.25) is 0 Å². The Bertz CT molecular complexity index is 339. The van der Waals surface area contributed by atoms with Gasteiger partial charge in [0.2, 0.25) is 0 Å². The predicted molar refractivity (Wildman–Crippen MR) is 59.8 cm³/mol. The van der Waals surface area contributed by atoms with E-state index in [1.807, 2.05) is 25.1 Å². The molecule has 0 unspecified atom stereocenters. The summed E-state index contributed by atoms with van der Waals surface area (Å²) in [5, 5.41) is 2.90. The molecule has 0 aliphatic heterocycles. The van der Waals surface area contributed by atoms with Crippen molar-refractivity contribution < 1.29 is 17.9 Å². The lowest BCUT2D eigenvalue weighted by Gasteiger charge is -2.08. The highest BCUT2D eigenvalue weighted by Gasteiger charge is 2.28. The molecule has 0 bridgehead atoms. The molecule has 1 rings (SSSR count). The van der Waals surface area contributed by atoms with Gasteiger partial charge in [0.25, 0.3) is 0 Å². The molecule has 0 aliphatic carbocycles. The van der Waals surface area contributed by atoms with Crippen LogP contribution < -0.4 is 5.32 Å². The Kier molecular flexibility index (Phi) is 5.44. The zero-order valence-electron chi connectivity index (χ0n) is 9.68. The fraction of sp³-hybridized carbons (Fsp3) is 0.500. The molecule has 0 saturated carbocycles. The van der Waals surface area contributed by atoms with Gasteiger partial charge in [-0.25, -0.2) is 0 Å². The molecule has 0 aromatic heterocycles. The zero-order chi connectivity index (χ0) is 12.7. The summed E-state index contributed by atoms with van der Waals surface area (Å²) >= 11 is 0. The smallest absolute Gasteiger partial charge is 0.314 e. The van der Waals surface area contributed by atoms with Crippen LogP contribution in [0.4, 0.5) is 13.2 Å². The van der Waals surface area contributed by atoms with Gasteiger partial charge in [0.1, 0.15) is 0 Å². The zero-order valence-corrected chi connectivity index (χ0v) is 9.68. The first-order chi connectivity index (χ1) is 7.97. The van der Waals surface area contributed by atoms with Crippen LogP contribution in [0.1, 0.15) is 11.1 Å². The maximum absolute atomic E-state index is 11.6. The number of alkyl halides is 3. The lowest BCUT2D eigenvalue weighted by Crippen LogP contribution is -2.25. The van der Waals surface area contributed by atoms with E-state index >= 15 is 0 Å². The average molecular weight is 247 g/mol. The van der Waals surface area contributed by atoms with Crippen molar-refractivity contribution in [1.29, 1.82) is 0 Å². The van der Waals surface area contributed by atoms with Crippen molar-refractivity contribution in [2.24, 2.45) is 0 Å². The number of halogens is 3. The first kappa shape index (κ1) is 14.0. The van der Waals surface area contributed by atoms with Crippen LogP contribution in [0, 0.1) is 6.92 Å². The van der Waals surface area contributed by atoms with E-state index in [9.17, 15) is 13.2 Å². The third-order valence-electron chi connectivity index (χ3n) is 2.22. The van der Waals surface area contributed by atoms with Crippen molar-refractivity contribution in [2.75, 3.05) is 19.7 Å². The van der Waals surface area contributed by atoms with Crippen molar-refractivity contribution in [1.82, 2.24) is 5.32 Å². The average Bonchev–Trinajstić information content (AvgIpc) is 2.22. The summed E-state index contributed by atoms with van der Waals surface area (Å²) in [6, 6.07) is 8.04. The number of hydrogen-bond acceptors (Lipinski definition) is 2. The van der Waals surface area contributed by atoms with Gasteiger partial charge in [0, 0.05) is 6.54 Å². The van der Waals surface area contributed by atoms with Gasteiger partial charge in [0.05, 0.1) is 6.61 Å². The Morgan fingerprint density at radius 2 is 2.00 bits per heavy atom. The van der Waals surface area contributed by atoms with Crippen LogP contribution >= 0.6 is 0 Å². The Morgan fingerprint density at radius 1 is 1.24 bits per heavy atom. The Hall–Kier alpha value is -1.07. The van der Waals surface area contributed by atoms with Gasteiger partial charge in [-0.05, 0) is 25.5 Å². The van der Waals surface area contributed by atoms with E-state index in [1.165, 1.54) is 11.1 Å². The molecule has 0 aliphatic rings. The predicted octanol–water partition coefficient (Wildman–Crippen LogP) is 2.66. The lowest BCUT2D eigenvalue weighted by atomic mass is 10.1. The number of nitrogens with one attached hydrogen (secondary N) is 1. The van der Waals surface area contributed by atoms with Crippen LogP contribution in [0.5, 0.6) is 0 Å². The summed E-state index contributed by atoms with van der Waals surface area (Å²) in [6.07, 6.45) is -3.73. The third-order valence-corrected chi connectivity index (χ3v) is 2.22. The molecule has 1 N–H and O–H groups in total. The van der Waals surface area contributed by atoms with Crippen molar-refractivity contribution in [3.8, 4) is 0 Å². The number of hydrogen-bond donors (Lipinski definition) is 1. The number of rotatable bonds is 6. The minimum absolute atomic E-state index is 0.200. The maximum Gasteiger partial charge on any atom is 0.522 e. The van der Waals surface area contributed by atoms with E-state index in [-0.39, 0.29) is 13.2 Å². The van der Waals surface area contributed by atoms with E-state index in [4.69, 9.17) is 0 Å². The molecule has 1 aromatic rings. The summed E-state index contributed by atoms with van der Waals surface area (Å²) in [7, 11) is 0. The van der Waals surface area contributed by atoms with E-state index in [1.54, 1.807) is 0 Å². The molecule has 2 nitrogen and oxygen atoms in total. The highest BCUT2D eigenvalue weighted by Crippen LogP contribution is 2.15. The second-order valence-corrected chi connectivity index (χ2v) is 3.78. The summed E-state index contributed by atoms with van der Waals surface area (Å²) in [5.74, 6) is 0. The lowest BCUT2D eigenvalue weighted by molar-refractivity contribution is -0.323. The molecular formula is C12H16F3NO. The molecule has 1 aromatic carbocycles. The third kappa shape index (κ3) is 6.97. The molecular weight excluding hydrogens is 231 g/mol. The van der Waals surface area contributed by atoms with Crippen LogP contribution in [-0.4, -0.2) is 26.1 Å². The van der Waals surface area contributed by atoms with E-state index in [0.29, 0.717) is 6.54 Å². The van der Waals surface area contributed by atoms with Gasteiger partial charge < -0.3 is 5.32 Å². The van der Waals surface area contributed by atoms with E-state index < -0.39 is 6.36 Å². The Labute approximate surface area is 98.8 Å². The molecule has 0 radical (unpaired) electrons. The summed E-state index contributed by atoms with van der Waals surface area (Å²) in [6.45, 7) is 2.50. The molecule has 0 atom stereocenters. The molecule has 5 heteroatoms. The minimum Gasteiger partial charge on any atom is -0.314 e. The van der Waals surface area contributed by atoms with E-state index in [2.05, 4.69) is 16.1 Å². The normalized spacial score (nSPS) is 11.8. The highest BCUT2D eigenvalue weighted by molar-refractivity contribution is 5.22. The molecule has 96 valence electrons. The molecule has 0 saturated heterocycles. The van der Waals surface area contributed by atoms with Crippen molar-refractivity contribution in [2.45, 2.75) is 19.7 Å². The molecule has 0 heterocycles. The largest absolute Gasteiger partial charge is 0.522 e. The van der Waals surface area contributed by atoms with Gasteiger partial charge >= 0.3 is 6.36 Å². The van der Waals surface area contributed by atoms with E-state index in [0.717, 1.165) is 6.42 Å². The number of ether oxygens (including phenoxy) is 1. The number of aryl methyl sites for hydroxylation is 1. The monoisotopic (exact) mass is 247 g/mol. The van der Waals surface area contributed by atoms with Gasteiger partial charge in [-0.2, -0.15) is 0 Å². The van der Waals surface area contributed by atoms with Crippen molar-refractivity contribution in [3.05, 3.63) is 35.4 Å². The van der Waals surface area contributed by atoms with Crippen molar-refractivity contribution in [3.63, 3.8) is 0 Å². The highest BCUT2D eigenvalue weighted by atomic mass is 19.4. The number of benzene rings is 1. The first-order valence-corrected chi connectivity index (χ1v) is 5.44. The van der Waals surface area contributed by atoms with Gasteiger partial charge in [-0.1, -0.05) is 29.8 Å². The van der Waals surface area contributed by atoms with Gasteiger partial charge in [0.15, 0.2) is 0 Å². The fourth-order valence-electron chi connectivity index (χ4n) is 1.46. The van der Waals surface area contributed by atoms with Gasteiger partial charge in [-0.15, -0.1) is 13.2 Å². The van der Waals surface area contributed by atoms with Crippen LogP contribution in [0.25, 0.3) is 0 Å². The Balaban J connectivity index is 2.09. The molecule has 0 amide bonds. The van der Waals surface area contributed by atoms with Crippen LogP contribution in [0.3, 0.4) is 0 Å². The quantitative estimate of drug-likeness (QED) is 0.780. The van der Waals surface area contributed by atoms with Crippen LogP contribution in [-0.2, 0) is 11.2 Å². The van der Waals surface area contributed by atoms with Crippen molar-refractivity contribution >= 4 is 0 Å². The van der Waals surface area contributed by atoms with Crippen LogP contribution in [0.15, 0.2) is 24.3 Å². The summed E-state index contributed by atoms with van der Waals surface area (Å²) in [5.41, 5.74) is 2.36. The SMILES string of the molecule is Cc1cccc(CCNCCOC(F)(F)F)c1. The first-order valence-electron chi connectivity index (χ1n) is 5.44. The maximum atomic E-state index is 11.6. The molecule has 17 heavy (non-hydrogen) atoms. The Morgan fingerprint density at radius 3 is 2.65 bits per heavy atom.